The summed E-state index contributed by atoms with van der Waals surface area (Å²) in [4.78, 5) is 26.5. The van der Waals surface area contributed by atoms with Crippen LogP contribution in [0.3, 0.4) is 0 Å². The maximum absolute atomic E-state index is 12.0. The first-order valence-corrected chi connectivity index (χ1v) is 6.52. The van der Waals surface area contributed by atoms with E-state index in [1.54, 1.807) is 30.1 Å². The number of thiophene rings is 1. The van der Waals surface area contributed by atoms with Crippen molar-refractivity contribution in [3.8, 4) is 0 Å². The number of hydrogen-bond acceptors (Lipinski definition) is 3. The molecule has 1 aromatic heterocycles. The van der Waals surface area contributed by atoms with Gasteiger partial charge in [-0.1, -0.05) is 0 Å². The van der Waals surface area contributed by atoms with Gasteiger partial charge in [0.05, 0.1) is 6.54 Å². The van der Waals surface area contributed by atoms with Crippen molar-refractivity contribution in [1.29, 1.82) is 0 Å². The van der Waals surface area contributed by atoms with E-state index >= 15 is 0 Å². The molecule has 0 aliphatic carbocycles. The molecule has 0 aromatic carbocycles. The number of nitrogens with one attached hydrogen (secondary N) is 1. The summed E-state index contributed by atoms with van der Waals surface area (Å²) >= 11 is 1.62. The van der Waals surface area contributed by atoms with Gasteiger partial charge >= 0.3 is 0 Å². The zero-order valence-corrected chi connectivity index (χ0v) is 11.0. The summed E-state index contributed by atoms with van der Waals surface area (Å²) in [6.45, 7) is 6.04. The van der Waals surface area contributed by atoms with Crippen molar-refractivity contribution in [2.75, 3.05) is 0 Å². The van der Waals surface area contributed by atoms with Crippen LogP contribution in [0.25, 0.3) is 0 Å². The van der Waals surface area contributed by atoms with E-state index < -0.39 is 6.04 Å². The highest BCUT2D eigenvalue weighted by Crippen LogP contribution is 2.21. The van der Waals surface area contributed by atoms with Gasteiger partial charge in [0, 0.05) is 4.88 Å². The lowest BCUT2D eigenvalue weighted by Gasteiger charge is -2.36. The molecule has 1 N–H and O–H groups in total. The molecule has 1 fully saturated rings. The number of nitrogens with zero attached hydrogens (tertiary/aromatic N) is 1. The Labute approximate surface area is 105 Å². The molecule has 2 heterocycles. The van der Waals surface area contributed by atoms with Crippen molar-refractivity contribution in [1.82, 2.24) is 10.2 Å². The molecule has 0 radical (unpaired) electrons. The Morgan fingerprint density at radius 3 is 2.71 bits per heavy atom. The summed E-state index contributed by atoms with van der Waals surface area (Å²) in [5, 5.41) is 4.68. The fourth-order valence-corrected chi connectivity index (χ4v) is 2.82. The third kappa shape index (κ3) is 2.20. The predicted molar refractivity (Wildman–Crippen MR) is 66.7 cm³/mol. The van der Waals surface area contributed by atoms with Crippen molar-refractivity contribution in [2.45, 2.75) is 39.4 Å². The second-order valence-corrected chi connectivity index (χ2v) is 5.40. The van der Waals surface area contributed by atoms with Crippen LogP contribution in [0.4, 0.5) is 0 Å². The number of piperazine rings is 1. The minimum absolute atomic E-state index is 0.00935. The number of amides is 2. The molecule has 17 heavy (non-hydrogen) atoms. The Kier molecular flexibility index (Phi) is 3.19. The lowest BCUT2D eigenvalue weighted by Crippen LogP contribution is -2.60. The molecule has 1 aromatic rings. The quantitative estimate of drug-likeness (QED) is 0.862. The third-order valence-electron chi connectivity index (χ3n) is 3.14. The third-order valence-corrected chi connectivity index (χ3v) is 4.15. The molecule has 0 bridgehead atoms. The highest BCUT2D eigenvalue weighted by atomic mass is 32.1. The van der Waals surface area contributed by atoms with Crippen molar-refractivity contribution in [3.05, 3.63) is 21.9 Å². The van der Waals surface area contributed by atoms with E-state index in [1.165, 1.54) is 5.56 Å². The number of rotatable bonds is 2. The van der Waals surface area contributed by atoms with Crippen LogP contribution in [0.15, 0.2) is 11.4 Å². The monoisotopic (exact) mass is 252 g/mol. The summed E-state index contributed by atoms with van der Waals surface area (Å²) in [6.07, 6.45) is 0. The van der Waals surface area contributed by atoms with Crippen molar-refractivity contribution in [2.24, 2.45) is 0 Å². The van der Waals surface area contributed by atoms with E-state index in [9.17, 15) is 9.59 Å². The summed E-state index contributed by atoms with van der Waals surface area (Å²) in [5.74, 6) is -0.0868. The molecule has 2 rings (SSSR count). The van der Waals surface area contributed by atoms with Gasteiger partial charge in [-0.2, -0.15) is 0 Å². The van der Waals surface area contributed by atoms with Gasteiger partial charge in [0.15, 0.2) is 0 Å². The van der Waals surface area contributed by atoms with E-state index in [0.29, 0.717) is 6.54 Å². The van der Waals surface area contributed by atoms with Crippen LogP contribution in [-0.4, -0.2) is 28.8 Å². The van der Waals surface area contributed by atoms with Gasteiger partial charge in [-0.05, 0) is 37.8 Å². The van der Waals surface area contributed by atoms with Crippen LogP contribution in [0.5, 0.6) is 0 Å². The van der Waals surface area contributed by atoms with Crippen molar-refractivity contribution >= 4 is 23.2 Å². The van der Waals surface area contributed by atoms with Gasteiger partial charge in [0.1, 0.15) is 12.1 Å². The molecule has 2 unspecified atom stereocenters. The van der Waals surface area contributed by atoms with Gasteiger partial charge in [0.25, 0.3) is 0 Å². The Morgan fingerprint density at radius 1 is 1.41 bits per heavy atom. The van der Waals surface area contributed by atoms with E-state index in [1.807, 2.05) is 18.4 Å². The summed E-state index contributed by atoms with van der Waals surface area (Å²) in [7, 11) is 0. The molecule has 92 valence electrons. The minimum Gasteiger partial charge on any atom is -0.343 e. The zero-order chi connectivity index (χ0) is 12.6. The van der Waals surface area contributed by atoms with Crippen LogP contribution in [0.2, 0.25) is 0 Å². The minimum atomic E-state index is -0.418. The summed E-state index contributed by atoms with van der Waals surface area (Å²) in [6, 6.07) is 1.22. The lowest BCUT2D eigenvalue weighted by atomic mass is 10.1. The number of carbonyl (C=O) groups excluding carboxylic acids is 2. The summed E-state index contributed by atoms with van der Waals surface area (Å²) < 4.78 is 0. The van der Waals surface area contributed by atoms with Gasteiger partial charge < -0.3 is 10.2 Å². The number of aryl methyl sites for hydroxylation is 1. The maximum Gasteiger partial charge on any atom is 0.245 e. The summed E-state index contributed by atoms with van der Waals surface area (Å²) in [5.41, 5.74) is 1.17. The molecule has 1 aliphatic heterocycles. The smallest absolute Gasteiger partial charge is 0.245 e. The van der Waals surface area contributed by atoms with E-state index in [4.69, 9.17) is 0 Å². The SMILES string of the molecule is Cc1ccsc1CN1C(=O)C(C)NC(=O)C1C. The molecular formula is C12H16N2O2S. The van der Waals surface area contributed by atoms with Gasteiger partial charge in [-0.15, -0.1) is 11.3 Å². The van der Waals surface area contributed by atoms with Crippen molar-refractivity contribution < 1.29 is 9.59 Å². The Hall–Kier alpha value is -1.36. The maximum atomic E-state index is 12.0. The molecule has 5 heteroatoms. The Balaban J connectivity index is 2.20. The zero-order valence-electron chi connectivity index (χ0n) is 10.2. The fourth-order valence-electron chi connectivity index (χ4n) is 1.91. The molecule has 2 amide bonds. The number of carbonyl (C=O) groups is 2. The molecule has 0 spiro atoms. The Morgan fingerprint density at radius 2 is 2.12 bits per heavy atom. The molecular weight excluding hydrogens is 236 g/mol. The molecule has 1 saturated heterocycles. The van der Waals surface area contributed by atoms with Crippen LogP contribution in [0.1, 0.15) is 24.3 Å². The largest absolute Gasteiger partial charge is 0.343 e. The first-order chi connectivity index (χ1) is 8.00. The van der Waals surface area contributed by atoms with Crippen LogP contribution >= 0.6 is 11.3 Å². The average molecular weight is 252 g/mol. The number of hydrogen-bond donors (Lipinski definition) is 1. The topological polar surface area (TPSA) is 49.4 Å². The first kappa shape index (κ1) is 12.1. The molecule has 1 aliphatic rings. The van der Waals surface area contributed by atoms with Gasteiger partial charge in [0.2, 0.25) is 11.8 Å². The second-order valence-electron chi connectivity index (χ2n) is 4.40. The van der Waals surface area contributed by atoms with Crippen molar-refractivity contribution in [3.63, 3.8) is 0 Å². The molecule has 2 atom stereocenters. The predicted octanol–water partition coefficient (Wildman–Crippen LogP) is 1.29. The lowest BCUT2D eigenvalue weighted by molar-refractivity contribution is -0.148. The van der Waals surface area contributed by atoms with E-state index in [0.717, 1.165) is 4.88 Å². The van der Waals surface area contributed by atoms with E-state index in [-0.39, 0.29) is 17.9 Å². The van der Waals surface area contributed by atoms with Crippen LogP contribution in [-0.2, 0) is 16.1 Å². The molecule has 0 saturated carbocycles. The molecule has 4 nitrogen and oxygen atoms in total. The highest BCUT2D eigenvalue weighted by molar-refractivity contribution is 7.10. The Bertz CT molecular complexity index is 455. The standard InChI is InChI=1S/C12H16N2O2S/c1-7-4-5-17-10(7)6-14-9(3)11(15)13-8(2)12(14)16/h4-5,8-9H,6H2,1-3H3,(H,13,15). The van der Waals surface area contributed by atoms with Crippen LogP contribution < -0.4 is 5.32 Å². The highest BCUT2D eigenvalue weighted by Gasteiger charge is 2.35. The second kappa shape index (κ2) is 4.49. The van der Waals surface area contributed by atoms with Gasteiger partial charge in [-0.3, -0.25) is 9.59 Å². The van der Waals surface area contributed by atoms with Gasteiger partial charge in [-0.25, -0.2) is 0 Å². The normalized spacial score (nSPS) is 25.0. The average Bonchev–Trinajstić information content (AvgIpc) is 2.68. The van der Waals surface area contributed by atoms with Crippen LogP contribution in [0, 0.1) is 6.92 Å². The first-order valence-electron chi connectivity index (χ1n) is 5.64. The fraction of sp³-hybridized carbons (Fsp3) is 0.500. The van der Waals surface area contributed by atoms with E-state index in [2.05, 4.69) is 5.32 Å².